The molecule has 0 N–H and O–H groups in total. The van der Waals surface area contributed by atoms with Crippen LogP contribution < -0.4 is 0 Å². The molecule has 0 aromatic carbocycles. The fraction of sp³-hybridized carbons (Fsp3) is 0.688. The maximum Gasteiger partial charge on any atom is 0.123 e. The Balaban J connectivity index is 3.08. The molecule has 0 heterocycles. The van der Waals surface area contributed by atoms with Crippen molar-refractivity contribution in [2.45, 2.75) is 71.1 Å². The quantitative estimate of drug-likeness (QED) is 0.258. The number of carbonyl (C=O) groups excluding carboxylic acids is 1. The molecule has 0 saturated carbocycles. The van der Waals surface area contributed by atoms with Crippen LogP contribution in [0.2, 0.25) is 0 Å². The van der Waals surface area contributed by atoms with E-state index in [2.05, 4.69) is 25.2 Å². The van der Waals surface area contributed by atoms with Crippen LogP contribution in [-0.4, -0.2) is 6.29 Å². The molecule has 0 aliphatic carbocycles. The molecular formula is C16H28O. The number of rotatable bonds is 12. The standard InChI is InChI=1S/C16H28O/c1-2-3-4-5-6-7-8-9-10-11-12-13-14-15-16-17/h5-6,13-14,16H,2-4,7-12,15H2,1H3/b6-5-,14-13+. The number of hydrogen-bond donors (Lipinski definition) is 0. The summed E-state index contributed by atoms with van der Waals surface area (Å²) in [6, 6.07) is 0. The molecule has 1 heteroatoms. The lowest BCUT2D eigenvalue weighted by Gasteiger charge is -1.97. The Bertz CT molecular complexity index is 204. The highest BCUT2D eigenvalue weighted by atomic mass is 16.1. The molecule has 1 nitrogen and oxygen atoms in total. The maximum atomic E-state index is 10.0. The molecule has 0 aromatic rings. The highest BCUT2D eigenvalue weighted by molar-refractivity contribution is 5.51. The van der Waals surface area contributed by atoms with E-state index < -0.39 is 0 Å². The highest BCUT2D eigenvalue weighted by Gasteiger charge is 1.87. The molecular weight excluding hydrogens is 208 g/mol. The van der Waals surface area contributed by atoms with Gasteiger partial charge in [0.1, 0.15) is 6.29 Å². The van der Waals surface area contributed by atoms with Crippen LogP contribution in [0.1, 0.15) is 71.1 Å². The first-order valence-corrected chi connectivity index (χ1v) is 7.15. The Labute approximate surface area is 107 Å². The monoisotopic (exact) mass is 236 g/mol. The second-order valence-electron chi connectivity index (χ2n) is 4.48. The third kappa shape index (κ3) is 15.1. The Kier molecular flexibility index (Phi) is 14.4. The average molecular weight is 236 g/mol. The summed E-state index contributed by atoms with van der Waals surface area (Å²) in [5.74, 6) is 0. The van der Waals surface area contributed by atoms with Crippen molar-refractivity contribution in [1.29, 1.82) is 0 Å². The first-order chi connectivity index (χ1) is 8.41. The third-order valence-electron chi connectivity index (χ3n) is 2.78. The largest absolute Gasteiger partial charge is 0.303 e. The fourth-order valence-electron chi connectivity index (χ4n) is 1.71. The van der Waals surface area contributed by atoms with E-state index in [-0.39, 0.29) is 0 Å². The Morgan fingerprint density at radius 3 is 1.76 bits per heavy atom. The molecule has 0 aromatic heterocycles. The summed E-state index contributed by atoms with van der Waals surface area (Å²) in [7, 11) is 0. The average Bonchev–Trinajstić information content (AvgIpc) is 2.35. The third-order valence-corrected chi connectivity index (χ3v) is 2.78. The summed E-state index contributed by atoms with van der Waals surface area (Å²) in [6.45, 7) is 2.23. The van der Waals surface area contributed by atoms with E-state index in [1.54, 1.807) is 0 Å². The van der Waals surface area contributed by atoms with Crippen LogP contribution in [0.25, 0.3) is 0 Å². The number of aldehydes is 1. The molecule has 17 heavy (non-hydrogen) atoms. The van der Waals surface area contributed by atoms with Crippen molar-refractivity contribution in [3.63, 3.8) is 0 Å². The zero-order chi connectivity index (χ0) is 12.6. The molecule has 0 aliphatic rings. The van der Waals surface area contributed by atoms with Gasteiger partial charge in [0.05, 0.1) is 0 Å². The minimum Gasteiger partial charge on any atom is -0.303 e. The van der Waals surface area contributed by atoms with Crippen LogP contribution in [0.3, 0.4) is 0 Å². The van der Waals surface area contributed by atoms with Crippen molar-refractivity contribution in [3.8, 4) is 0 Å². The second kappa shape index (κ2) is 15.1. The van der Waals surface area contributed by atoms with Crippen LogP contribution in [0, 0.1) is 0 Å². The molecule has 0 aliphatic heterocycles. The van der Waals surface area contributed by atoms with E-state index in [1.807, 2.05) is 6.08 Å². The van der Waals surface area contributed by atoms with E-state index in [4.69, 9.17) is 0 Å². The molecule has 0 unspecified atom stereocenters. The van der Waals surface area contributed by atoms with E-state index in [9.17, 15) is 4.79 Å². The van der Waals surface area contributed by atoms with Crippen LogP contribution >= 0.6 is 0 Å². The molecule has 0 saturated heterocycles. The van der Waals surface area contributed by atoms with Gasteiger partial charge in [0.15, 0.2) is 0 Å². The number of hydrogen-bond acceptors (Lipinski definition) is 1. The van der Waals surface area contributed by atoms with Crippen LogP contribution in [0.5, 0.6) is 0 Å². The smallest absolute Gasteiger partial charge is 0.123 e. The van der Waals surface area contributed by atoms with Crippen molar-refractivity contribution < 1.29 is 4.79 Å². The highest BCUT2D eigenvalue weighted by Crippen LogP contribution is 2.07. The van der Waals surface area contributed by atoms with Gasteiger partial charge in [-0.3, -0.25) is 0 Å². The van der Waals surface area contributed by atoms with E-state index in [0.717, 1.165) is 12.7 Å². The van der Waals surface area contributed by atoms with Gasteiger partial charge in [-0.2, -0.15) is 0 Å². The number of carbonyl (C=O) groups is 1. The molecule has 0 radical (unpaired) electrons. The first kappa shape index (κ1) is 16.1. The molecule has 0 rings (SSSR count). The van der Waals surface area contributed by atoms with Crippen molar-refractivity contribution in [2.75, 3.05) is 0 Å². The van der Waals surface area contributed by atoms with E-state index >= 15 is 0 Å². The lowest BCUT2D eigenvalue weighted by atomic mass is 10.1. The summed E-state index contributed by atoms with van der Waals surface area (Å²) < 4.78 is 0. The van der Waals surface area contributed by atoms with Gasteiger partial charge >= 0.3 is 0 Å². The Morgan fingerprint density at radius 2 is 1.24 bits per heavy atom. The molecule has 0 bridgehead atoms. The molecule has 0 fully saturated rings. The van der Waals surface area contributed by atoms with Gasteiger partial charge in [0.25, 0.3) is 0 Å². The number of unbranched alkanes of at least 4 members (excludes halogenated alkanes) is 7. The molecule has 0 spiro atoms. The zero-order valence-electron chi connectivity index (χ0n) is 11.4. The fourth-order valence-corrected chi connectivity index (χ4v) is 1.71. The van der Waals surface area contributed by atoms with E-state index in [1.165, 1.54) is 51.4 Å². The maximum absolute atomic E-state index is 10.0. The normalized spacial score (nSPS) is 11.6. The van der Waals surface area contributed by atoms with Crippen molar-refractivity contribution in [3.05, 3.63) is 24.3 Å². The van der Waals surface area contributed by atoms with Gasteiger partial charge in [-0.15, -0.1) is 0 Å². The van der Waals surface area contributed by atoms with Gasteiger partial charge in [0, 0.05) is 6.42 Å². The van der Waals surface area contributed by atoms with Crippen LogP contribution in [-0.2, 0) is 4.79 Å². The second-order valence-corrected chi connectivity index (χ2v) is 4.48. The molecule has 0 amide bonds. The predicted octanol–water partition coefficient (Wildman–Crippen LogP) is 5.22. The lowest BCUT2D eigenvalue weighted by Crippen LogP contribution is -1.77. The minimum absolute atomic E-state index is 0.572. The molecule has 0 atom stereocenters. The SMILES string of the molecule is CCCC/C=C\CCCCCC/C=C/CC=O. The minimum atomic E-state index is 0.572. The number of allylic oxidation sites excluding steroid dienone is 4. The predicted molar refractivity (Wildman–Crippen MR) is 76.2 cm³/mol. The Hall–Kier alpha value is -0.850. The summed E-state index contributed by atoms with van der Waals surface area (Å²) in [5, 5.41) is 0. The van der Waals surface area contributed by atoms with E-state index in [0.29, 0.717) is 6.42 Å². The van der Waals surface area contributed by atoms with Crippen molar-refractivity contribution in [2.24, 2.45) is 0 Å². The topological polar surface area (TPSA) is 17.1 Å². The summed E-state index contributed by atoms with van der Waals surface area (Å²) in [6.07, 6.45) is 21.7. The van der Waals surface area contributed by atoms with Gasteiger partial charge in [-0.25, -0.2) is 0 Å². The zero-order valence-corrected chi connectivity index (χ0v) is 11.4. The van der Waals surface area contributed by atoms with Crippen LogP contribution in [0.4, 0.5) is 0 Å². The van der Waals surface area contributed by atoms with Gasteiger partial charge in [-0.05, 0) is 32.1 Å². The summed E-state index contributed by atoms with van der Waals surface area (Å²) in [4.78, 5) is 10.0. The summed E-state index contributed by atoms with van der Waals surface area (Å²) >= 11 is 0. The van der Waals surface area contributed by atoms with Crippen molar-refractivity contribution >= 4 is 6.29 Å². The van der Waals surface area contributed by atoms with Gasteiger partial charge < -0.3 is 4.79 Å². The molecule has 98 valence electrons. The van der Waals surface area contributed by atoms with Crippen LogP contribution in [0.15, 0.2) is 24.3 Å². The van der Waals surface area contributed by atoms with Gasteiger partial charge in [-0.1, -0.05) is 56.9 Å². The van der Waals surface area contributed by atoms with Crippen molar-refractivity contribution in [1.82, 2.24) is 0 Å². The Morgan fingerprint density at radius 1 is 0.706 bits per heavy atom. The summed E-state index contributed by atoms with van der Waals surface area (Å²) in [5.41, 5.74) is 0. The van der Waals surface area contributed by atoms with Gasteiger partial charge in [0.2, 0.25) is 0 Å². The first-order valence-electron chi connectivity index (χ1n) is 7.15. The lowest BCUT2D eigenvalue weighted by molar-refractivity contribution is -0.107.